The number of hydrogen-bond acceptors (Lipinski definition) is 5. The molecule has 0 atom stereocenters. The van der Waals surface area contributed by atoms with Crippen molar-refractivity contribution in [3.63, 3.8) is 0 Å². The van der Waals surface area contributed by atoms with Crippen molar-refractivity contribution in [3.8, 4) is 11.3 Å². The first-order chi connectivity index (χ1) is 11.3. The molecule has 0 saturated carbocycles. The second-order valence-corrected chi connectivity index (χ2v) is 5.37. The fourth-order valence-electron chi connectivity index (χ4n) is 2.34. The quantitative estimate of drug-likeness (QED) is 0.593. The first kappa shape index (κ1) is 13.7. The standard InChI is InChI=1S/C17H11ClN4O/c18-12-8-6-11(7-9-12)15-14-16(19-10-20-17(14)23-22-15)21-13-4-2-1-3-5-13/h1-10H,(H,19,20,21). The molecule has 5 nitrogen and oxygen atoms in total. The molecule has 0 amide bonds. The molecule has 0 spiro atoms. The molecule has 1 N–H and O–H groups in total. The van der Waals surface area contributed by atoms with Crippen LogP contribution in [0.1, 0.15) is 0 Å². The van der Waals surface area contributed by atoms with Gasteiger partial charge in [0, 0.05) is 16.3 Å². The van der Waals surface area contributed by atoms with Crippen molar-refractivity contribution >= 4 is 34.2 Å². The summed E-state index contributed by atoms with van der Waals surface area (Å²) in [5.41, 5.74) is 2.92. The lowest BCUT2D eigenvalue weighted by atomic mass is 10.1. The molecule has 4 aromatic rings. The number of para-hydroxylation sites is 1. The van der Waals surface area contributed by atoms with Gasteiger partial charge in [0.1, 0.15) is 23.2 Å². The Kier molecular flexibility index (Phi) is 3.40. The number of aromatic nitrogens is 3. The topological polar surface area (TPSA) is 63.8 Å². The van der Waals surface area contributed by atoms with Crippen LogP contribution in [0.2, 0.25) is 5.02 Å². The minimum atomic E-state index is 0.434. The molecule has 0 aliphatic carbocycles. The van der Waals surface area contributed by atoms with E-state index in [0.29, 0.717) is 22.2 Å². The van der Waals surface area contributed by atoms with E-state index in [9.17, 15) is 0 Å². The van der Waals surface area contributed by atoms with Crippen molar-refractivity contribution in [1.82, 2.24) is 15.1 Å². The molecule has 2 aromatic carbocycles. The highest BCUT2D eigenvalue weighted by atomic mass is 35.5. The minimum Gasteiger partial charge on any atom is -0.339 e. The normalized spacial score (nSPS) is 10.8. The maximum Gasteiger partial charge on any atom is 0.263 e. The maximum absolute atomic E-state index is 5.95. The average molecular weight is 323 g/mol. The van der Waals surface area contributed by atoms with Crippen LogP contribution < -0.4 is 5.32 Å². The number of rotatable bonds is 3. The van der Waals surface area contributed by atoms with Gasteiger partial charge in [0.05, 0.1) is 0 Å². The van der Waals surface area contributed by atoms with Crippen LogP contribution in [-0.4, -0.2) is 15.1 Å². The van der Waals surface area contributed by atoms with Crippen molar-refractivity contribution < 1.29 is 4.52 Å². The third kappa shape index (κ3) is 2.62. The Morgan fingerprint density at radius 2 is 1.70 bits per heavy atom. The third-order valence-corrected chi connectivity index (χ3v) is 3.68. The Bertz CT molecular complexity index is 951. The summed E-state index contributed by atoms with van der Waals surface area (Å²) in [5.74, 6) is 0.646. The van der Waals surface area contributed by atoms with Crippen molar-refractivity contribution in [1.29, 1.82) is 0 Å². The number of benzene rings is 2. The van der Waals surface area contributed by atoms with Gasteiger partial charge >= 0.3 is 0 Å². The van der Waals surface area contributed by atoms with E-state index < -0.39 is 0 Å². The second kappa shape index (κ2) is 5.70. The number of hydrogen-bond donors (Lipinski definition) is 1. The Morgan fingerprint density at radius 3 is 2.48 bits per heavy atom. The number of nitrogens with one attached hydrogen (secondary N) is 1. The summed E-state index contributed by atoms with van der Waals surface area (Å²) < 4.78 is 5.34. The van der Waals surface area contributed by atoms with E-state index in [1.807, 2.05) is 54.6 Å². The summed E-state index contributed by atoms with van der Waals surface area (Å²) in [6.07, 6.45) is 1.45. The van der Waals surface area contributed by atoms with Gasteiger partial charge in [0.25, 0.3) is 5.71 Å². The number of anilines is 2. The summed E-state index contributed by atoms with van der Waals surface area (Å²) in [4.78, 5) is 8.47. The Morgan fingerprint density at radius 1 is 0.913 bits per heavy atom. The highest BCUT2D eigenvalue weighted by Crippen LogP contribution is 2.32. The molecular weight excluding hydrogens is 312 g/mol. The summed E-state index contributed by atoms with van der Waals surface area (Å²) >= 11 is 5.95. The maximum atomic E-state index is 5.95. The van der Waals surface area contributed by atoms with Crippen LogP contribution in [0.25, 0.3) is 22.4 Å². The lowest BCUT2D eigenvalue weighted by Gasteiger charge is -2.06. The van der Waals surface area contributed by atoms with E-state index in [1.165, 1.54) is 6.33 Å². The molecule has 2 aromatic heterocycles. The van der Waals surface area contributed by atoms with Gasteiger partial charge in [-0.1, -0.05) is 47.1 Å². The molecule has 0 saturated heterocycles. The van der Waals surface area contributed by atoms with Crippen molar-refractivity contribution in [2.45, 2.75) is 0 Å². The van der Waals surface area contributed by atoms with Gasteiger partial charge in [-0.2, -0.15) is 4.98 Å². The smallest absolute Gasteiger partial charge is 0.263 e. The van der Waals surface area contributed by atoms with Gasteiger partial charge in [-0.15, -0.1) is 0 Å². The van der Waals surface area contributed by atoms with Crippen molar-refractivity contribution in [3.05, 3.63) is 65.9 Å². The summed E-state index contributed by atoms with van der Waals surface area (Å²) in [6, 6.07) is 17.2. The summed E-state index contributed by atoms with van der Waals surface area (Å²) in [5, 5.41) is 8.82. The molecule has 0 radical (unpaired) electrons. The van der Waals surface area contributed by atoms with Crippen LogP contribution in [0, 0.1) is 0 Å². The predicted molar refractivity (Wildman–Crippen MR) is 89.8 cm³/mol. The second-order valence-electron chi connectivity index (χ2n) is 4.93. The van der Waals surface area contributed by atoms with Crippen LogP contribution >= 0.6 is 11.6 Å². The first-order valence-electron chi connectivity index (χ1n) is 6.99. The van der Waals surface area contributed by atoms with E-state index in [0.717, 1.165) is 16.6 Å². The lowest BCUT2D eigenvalue weighted by molar-refractivity contribution is 0.451. The molecular formula is C17H11ClN4O. The Hall–Kier alpha value is -2.92. The molecule has 23 heavy (non-hydrogen) atoms. The fraction of sp³-hybridized carbons (Fsp3) is 0. The third-order valence-electron chi connectivity index (χ3n) is 3.43. The SMILES string of the molecule is Clc1ccc(-c2noc3ncnc(Nc4ccccc4)c23)cc1. The van der Waals surface area contributed by atoms with Crippen molar-refractivity contribution in [2.24, 2.45) is 0 Å². The zero-order valence-corrected chi connectivity index (χ0v) is 12.7. The highest BCUT2D eigenvalue weighted by molar-refractivity contribution is 6.30. The molecule has 0 bridgehead atoms. The van der Waals surface area contributed by atoms with Gasteiger partial charge in [-0.25, -0.2) is 4.98 Å². The van der Waals surface area contributed by atoms with Crippen LogP contribution in [-0.2, 0) is 0 Å². The van der Waals surface area contributed by atoms with Crippen LogP contribution in [0.5, 0.6) is 0 Å². The van der Waals surface area contributed by atoms with Crippen LogP contribution in [0.15, 0.2) is 65.4 Å². The monoisotopic (exact) mass is 322 g/mol. The van der Waals surface area contributed by atoms with Gasteiger partial charge in [-0.05, 0) is 24.3 Å². The van der Waals surface area contributed by atoms with E-state index in [4.69, 9.17) is 16.1 Å². The van der Waals surface area contributed by atoms with Gasteiger partial charge in [0.2, 0.25) is 0 Å². The lowest BCUT2D eigenvalue weighted by Crippen LogP contribution is -1.95. The molecule has 0 unspecified atom stereocenters. The van der Waals surface area contributed by atoms with Gasteiger partial charge in [0.15, 0.2) is 0 Å². The molecule has 0 aliphatic rings. The fourth-order valence-corrected chi connectivity index (χ4v) is 2.47. The molecule has 4 rings (SSSR count). The number of fused-ring (bicyclic) bond motifs is 1. The van der Waals surface area contributed by atoms with E-state index in [2.05, 4.69) is 20.4 Å². The zero-order valence-electron chi connectivity index (χ0n) is 11.9. The summed E-state index contributed by atoms with van der Waals surface area (Å²) in [6.45, 7) is 0. The minimum absolute atomic E-state index is 0.434. The van der Waals surface area contributed by atoms with Crippen LogP contribution in [0.4, 0.5) is 11.5 Å². The van der Waals surface area contributed by atoms with E-state index >= 15 is 0 Å². The first-order valence-corrected chi connectivity index (χ1v) is 7.37. The Balaban J connectivity index is 1.85. The molecule has 2 heterocycles. The molecule has 0 fully saturated rings. The molecule has 6 heteroatoms. The summed E-state index contributed by atoms with van der Waals surface area (Å²) in [7, 11) is 0. The zero-order chi connectivity index (χ0) is 15.6. The predicted octanol–water partition coefficient (Wildman–Crippen LogP) is 4.68. The Labute approximate surface area is 136 Å². The average Bonchev–Trinajstić information content (AvgIpc) is 3.02. The molecule has 112 valence electrons. The largest absolute Gasteiger partial charge is 0.339 e. The molecule has 0 aliphatic heterocycles. The number of halogens is 1. The van der Waals surface area contributed by atoms with E-state index in [1.54, 1.807) is 0 Å². The van der Waals surface area contributed by atoms with Gasteiger partial charge in [-0.3, -0.25) is 0 Å². The van der Waals surface area contributed by atoms with E-state index in [-0.39, 0.29) is 0 Å². The number of nitrogens with zero attached hydrogens (tertiary/aromatic N) is 3. The van der Waals surface area contributed by atoms with Crippen molar-refractivity contribution in [2.75, 3.05) is 5.32 Å². The van der Waals surface area contributed by atoms with Gasteiger partial charge < -0.3 is 9.84 Å². The van der Waals surface area contributed by atoms with Crippen LogP contribution in [0.3, 0.4) is 0 Å². The highest BCUT2D eigenvalue weighted by Gasteiger charge is 2.16.